The van der Waals surface area contributed by atoms with E-state index < -0.39 is 11.8 Å². The van der Waals surface area contributed by atoms with Gasteiger partial charge in [-0.3, -0.25) is 9.59 Å². The largest absolute Gasteiger partial charge is 0.465 e. The van der Waals surface area contributed by atoms with Crippen molar-refractivity contribution >= 4 is 23.5 Å². The molecule has 1 aliphatic carbocycles. The van der Waals surface area contributed by atoms with Gasteiger partial charge in [-0.15, -0.1) is 0 Å². The van der Waals surface area contributed by atoms with Crippen molar-refractivity contribution in [3.8, 4) is 5.75 Å². The minimum Gasteiger partial charge on any atom is -0.465 e. The summed E-state index contributed by atoms with van der Waals surface area (Å²) in [5, 5.41) is 0.597. The third-order valence-electron chi connectivity index (χ3n) is 4.28. The summed E-state index contributed by atoms with van der Waals surface area (Å²) in [6, 6.07) is 5.12. The molecule has 0 bridgehead atoms. The molecule has 0 aliphatic heterocycles. The number of benzene rings is 1. The van der Waals surface area contributed by atoms with Gasteiger partial charge in [0, 0.05) is 5.02 Å². The Balaban J connectivity index is 2.05. The molecule has 1 aliphatic rings. The Hall–Kier alpha value is -1.55. The van der Waals surface area contributed by atoms with Gasteiger partial charge in [0.2, 0.25) is 0 Å². The van der Waals surface area contributed by atoms with Crippen molar-refractivity contribution in [1.29, 1.82) is 0 Å². The molecule has 4 nitrogen and oxygen atoms in total. The number of carbonyl (C=O) groups excluding carboxylic acids is 2. The molecule has 0 saturated heterocycles. The Kier molecular flexibility index (Phi) is 6.67. The van der Waals surface area contributed by atoms with Crippen LogP contribution in [0.25, 0.3) is 0 Å². The number of rotatable bonds is 5. The molecule has 132 valence electrons. The molecule has 2 unspecified atom stereocenters. The summed E-state index contributed by atoms with van der Waals surface area (Å²) in [4.78, 5) is 24.9. The minimum atomic E-state index is -0.437. The second kappa shape index (κ2) is 8.52. The summed E-state index contributed by atoms with van der Waals surface area (Å²) in [5.41, 5.74) is 0.797. The highest BCUT2D eigenvalue weighted by Gasteiger charge is 2.38. The van der Waals surface area contributed by atoms with Crippen LogP contribution in [0.3, 0.4) is 0 Å². The first-order valence-electron chi connectivity index (χ1n) is 8.53. The summed E-state index contributed by atoms with van der Waals surface area (Å²) in [6.45, 7) is 6.20. The highest BCUT2D eigenvalue weighted by Crippen LogP contribution is 2.33. The van der Waals surface area contributed by atoms with Gasteiger partial charge in [-0.2, -0.15) is 0 Å². The molecule has 1 saturated carbocycles. The first-order chi connectivity index (χ1) is 11.4. The van der Waals surface area contributed by atoms with Gasteiger partial charge in [-0.05, 0) is 49.4 Å². The highest BCUT2D eigenvalue weighted by molar-refractivity contribution is 6.30. The number of esters is 2. The molecule has 0 spiro atoms. The molecule has 0 radical (unpaired) electrons. The number of halogens is 1. The number of hydrogen-bond acceptors (Lipinski definition) is 4. The Morgan fingerprint density at radius 1 is 1.17 bits per heavy atom. The van der Waals surface area contributed by atoms with Gasteiger partial charge >= 0.3 is 11.9 Å². The van der Waals surface area contributed by atoms with Crippen molar-refractivity contribution in [3.05, 3.63) is 28.8 Å². The van der Waals surface area contributed by atoms with Crippen LogP contribution in [0.2, 0.25) is 5.02 Å². The first kappa shape index (κ1) is 18.8. The van der Waals surface area contributed by atoms with Gasteiger partial charge in [-0.25, -0.2) is 0 Å². The fraction of sp³-hybridized carbons (Fsp3) is 0.579. The van der Waals surface area contributed by atoms with E-state index in [1.807, 2.05) is 20.8 Å². The van der Waals surface area contributed by atoms with E-state index in [-0.39, 0.29) is 17.9 Å². The third kappa shape index (κ3) is 4.97. The fourth-order valence-corrected chi connectivity index (χ4v) is 3.19. The molecule has 1 aromatic rings. The van der Waals surface area contributed by atoms with Crippen LogP contribution in [0.5, 0.6) is 5.75 Å². The second-order valence-corrected chi connectivity index (χ2v) is 7.29. The zero-order valence-corrected chi connectivity index (χ0v) is 15.3. The second-order valence-electron chi connectivity index (χ2n) is 6.85. The fourth-order valence-electron chi connectivity index (χ4n) is 2.96. The third-order valence-corrected chi connectivity index (χ3v) is 4.51. The molecule has 0 N–H and O–H groups in total. The van der Waals surface area contributed by atoms with E-state index in [1.165, 1.54) is 0 Å². The Labute approximate surface area is 148 Å². The summed E-state index contributed by atoms with van der Waals surface area (Å²) < 4.78 is 10.9. The summed E-state index contributed by atoms with van der Waals surface area (Å²) in [6.07, 6.45) is 3.20. The highest BCUT2D eigenvalue weighted by atomic mass is 35.5. The molecular formula is C19H25ClO4. The van der Waals surface area contributed by atoms with Crippen LogP contribution >= 0.6 is 11.6 Å². The predicted octanol–water partition coefficient (Wildman–Crippen LogP) is 4.56. The van der Waals surface area contributed by atoms with E-state index in [1.54, 1.807) is 18.2 Å². The zero-order chi connectivity index (χ0) is 17.7. The van der Waals surface area contributed by atoms with Gasteiger partial charge in [-0.1, -0.05) is 38.3 Å². The monoisotopic (exact) mass is 352 g/mol. The van der Waals surface area contributed by atoms with E-state index in [9.17, 15) is 9.59 Å². The molecule has 0 aromatic heterocycles. The van der Waals surface area contributed by atoms with E-state index in [4.69, 9.17) is 21.1 Å². The van der Waals surface area contributed by atoms with Crippen LogP contribution in [-0.4, -0.2) is 18.5 Å². The SMILES string of the molecule is Cc1cc(Cl)ccc1OC(=O)C1CCCCC1C(=O)OCC(C)C. The van der Waals surface area contributed by atoms with Gasteiger partial charge in [0.15, 0.2) is 0 Å². The van der Waals surface area contributed by atoms with Gasteiger partial charge in [0.05, 0.1) is 18.4 Å². The average molecular weight is 353 g/mol. The zero-order valence-electron chi connectivity index (χ0n) is 14.5. The molecule has 24 heavy (non-hydrogen) atoms. The van der Waals surface area contributed by atoms with Gasteiger partial charge in [0.25, 0.3) is 0 Å². The Morgan fingerprint density at radius 2 is 1.79 bits per heavy atom. The Morgan fingerprint density at radius 3 is 2.38 bits per heavy atom. The van der Waals surface area contributed by atoms with E-state index in [0.717, 1.165) is 18.4 Å². The van der Waals surface area contributed by atoms with Crippen molar-refractivity contribution in [2.45, 2.75) is 46.5 Å². The molecule has 0 heterocycles. The molecule has 2 rings (SSSR count). The van der Waals surface area contributed by atoms with Crippen molar-refractivity contribution in [3.63, 3.8) is 0 Å². The van der Waals surface area contributed by atoms with Crippen LogP contribution in [0, 0.1) is 24.7 Å². The van der Waals surface area contributed by atoms with Crippen LogP contribution in [0.4, 0.5) is 0 Å². The summed E-state index contributed by atoms with van der Waals surface area (Å²) in [7, 11) is 0. The topological polar surface area (TPSA) is 52.6 Å². The number of carbonyl (C=O) groups is 2. The summed E-state index contributed by atoms with van der Waals surface area (Å²) in [5.74, 6) is -0.708. The number of hydrogen-bond donors (Lipinski definition) is 0. The van der Waals surface area contributed by atoms with E-state index in [0.29, 0.717) is 30.2 Å². The van der Waals surface area contributed by atoms with Crippen molar-refractivity contribution in [1.82, 2.24) is 0 Å². The van der Waals surface area contributed by atoms with Crippen LogP contribution < -0.4 is 4.74 Å². The smallest absolute Gasteiger partial charge is 0.315 e. The van der Waals surface area contributed by atoms with Crippen LogP contribution in [0.15, 0.2) is 18.2 Å². The number of aryl methyl sites for hydroxylation is 1. The summed E-state index contributed by atoms with van der Waals surface area (Å²) >= 11 is 5.93. The van der Waals surface area contributed by atoms with Crippen molar-refractivity contribution < 1.29 is 19.1 Å². The minimum absolute atomic E-state index is 0.277. The lowest BCUT2D eigenvalue weighted by molar-refractivity contribution is -0.159. The van der Waals surface area contributed by atoms with Crippen molar-refractivity contribution in [2.24, 2.45) is 17.8 Å². The molecule has 1 fully saturated rings. The molecular weight excluding hydrogens is 328 g/mol. The quantitative estimate of drug-likeness (QED) is 0.575. The Bertz CT molecular complexity index is 597. The van der Waals surface area contributed by atoms with Gasteiger partial charge in [0.1, 0.15) is 5.75 Å². The molecule has 0 amide bonds. The lowest BCUT2D eigenvalue weighted by Crippen LogP contribution is -2.36. The molecule has 1 aromatic carbocycles. The maximum absolute atomic E-state index is 12.6. The van der Waals surface area contributed by atoms with Crippen molar-refractivity contribution in [2.75, 3.05) is 6.61 Å². The lowest BCUT2D eigenvalue weighted by atomic mass is 9.79. The van der Waals surface area contributed by atoms with Crippen LogP contribution in [-0.2, 0) is 14.3 Å². The standard InChI is InChI=1S/C19H25ClO4/c1-12(2)11-23-18(21)15-6-4-5-7-16(15)19(22)24-17-9-8-14(20)10-13(17)3/h8-10,12,15-16H,4-7,11H2,1-3H3. The first-order valence-corrected chi connectivity index (χ1v) is 8.90. The number of ether oxygens (including phenoxy) is 2. The van der Waals surface area contributed by atoms with Crippen LogP contribution in [0.1, 0.15) is 45.1 Å². The molecule has 5 heteroatoms. The normalized spacial score (nSPS) is 20.7. The maximum Gasteiger partial charge on any atom is 0.315 e. The van der Waals surface area contributed by atoms with E-state index >= 15 is 0 Å². The molecule has 2 atom stereocenters. The predicted molar refractivity (Wildman–Crippen MR) is 93.1 cm³/mol. The average Bonchev–Trinajstić information content (AvgIpc) is 2.55. The van der Waals surface area contributed by atoms with Gasteiger partial charge < -0.3 is 9.47 Å². The van der Waals surface area contributed by atoms with E-state index in [2.05, 4.69) is 0 Å². The lowest BCUT2D eigenvalue weighted by Gasteiger charge is -2.28. The maximum atomic E-state index is 12.6.